The third kappa shape index (κ3) is 6.26. The molecule has 0 aliphatic heterocycles. The molecule has 0 spiro atoms. The molecule has 0 N–H and O–H groups in total. The highest BCUT2D eigenvalue weighted by atomic mass is 16.5. The molecule has 0 saturated carbocycles. The van der Waals surface area contributed by atoms with Gasteiger partial charge in [-0.2, -0.15) is 0 Å². The molecule has 13 aromatic rings. The normalized spacial score (nSPS) is 11.6. The number of nitrogens with zero attached hydrogens (tertiary/aromatic N) is 4. The SMILES string of the molecule is c1ccc(-c2ccnc(-n3c4ccccc4c4ccc(Oc5cc(-c6nc7ccccc7n6-c6ccccc6-c6ccccc6)c6oc7cc(-c8ccccc8)ccc7c6c5)cc43)c2)cc1. The fourth-order valence-electron chi connectivity index (χ4n) is 9.62. The van der Waals surface area contributed by atoms with Gasteiger partial charge in [-0.3, -0.25) is 9.13 Å². The smallest absolute Gasteiger partial charge is 0.149 e. The Morgan fingerprint density at radius 3 is 1.85 bits per heavy atom. The number of hydrogen-bond acceptors (Lipinski definition) is 4. The summed E-state index contributed by atoms with van der Waals surface area (Å²) in [6, 6.07) is 77.9. The van der Waals surface area contributed by atoms with Crippen molar-refractivity contribution < 1.29 is 9.15 Å². The molecule has 4 aromatic heterocycles. The highest BCUT2D eigenvalue weighted by Gasteiger charge is 2.24. The van der Waals surface area contributed by atoms with E-state index in [2.05, 4.69) is 215 Å². The van der Waals surface area contributed by atoms with Crippen LogP contribution in [0.3, 0.4) is 0 Å². The maximum Gasteiger partial charge on any atom is 0.149 e. The molecule has 0 amide bonds. The van der Waals surface area contributed by atoms with Crippen molar-refractivity contribution in [1.82, 2.24) is 19.1 Å². The molecule has 0 atom stereocenters. The lowest BCUT2D eigenvalue weighted by Gasteiger charge is -2.16. The average molecular weight is 847 g/mol. The summed E-state index contributed by atoms with van der Waals surface area (Å²) >= 11 is 0. The molecule has 6 heteroatoms. The van der Waals surface area contributed by atoms with Crippen LogP contribution in [0.25, 0.3) is 111 Å². The highest BCUT2D eigenvalue weighted by molar-refractivity contribution is 6.12. The first kappa shape index (κ1) is 37.5. The van der Waals surface area contributed by atoms with Gasteiger partial charge in [0.1, 0.15) is 34.3 Å². The Morgan fingerprint density at radius 1 is 0.394 bits per heavy atom. The van der Waals surface area contributed by atoms with Crippen LogP contribution in [0, 0.1) is 0 Å². The number of fused-ring (bicyclic) bond motifs is 7. The molecule has 0 bridgehead atoms. The van der Waals surface area contributed by atoms with E-state index in [1.54, 1.807) is 0 Å². The minimum absolute atomic E-state index is 0.661. The van der Waals surface area contributed by atoms with Gasteiger partial charge in [0.25, 0.3) is 0 Å². The van der Waals surface area contributed by atoms with Crippen LogP contribution in [0.4, 0.5) is 0 Å². The lowest BCUT2D eigenvalue weighted by molar-refractivity contribution is 0.484. The van der Waals surface area contributed by atoms with E-state index < -0.39 is 0 Å². The zero-order valence-corrected chi connectivity index (χ0v) is 35.5. The number of para-hydroxylation sites is 4. The minimum atomic E-state index is 0.661. The molecule has 310 valence electrons. The van der Waals surface area contributed by atoms with Crippen molar-refractivity contribution in [3.05, 3.63) is 231 Å². The lowest BCUT2D eigenvalue weighted by atomic mass is 10.0. The molecular formula is C60H38N4O2. The summed E-state index contributed by atoms with van der Waals surface area (Å²) in [5.41, 5.74) is 13.9. The van der Waals surface area contributed by atoms with Crippen LogP contribution in [0.1, 0.15) is 0 Å². The summed E-state index contributed by atoms with van der Waals surface area (Å²) in [5.74, 6) is 2.93. The van der Waals surface area contributed by atoms with Crippen LogP contribution in [-0.2, 0) is 0 Å². The maximum absolute atomic E-state index is 7.05. The standard InChI is InChI=1S/C60H38N4O2/c1-4-16-39(17-5-1)42-28-30-49-50-36-45(65-44-29-31-48-47-23-11-14-26-54(47)63(56(48)38-44)58-35-43(32-33-61-58)40-18-6-2-7-19-40)37-51(59(50)66-57(49)34-42)60-62-52-24-12-15-27-55(52)64(60)53-25-13-10-22-46(53)41-20-8-3-9-21-41/h1-38H. The van der Waals surface area contributed by atoms with Gasteiger partial charge in [-0.15, -0.1) is 0 Å². The molecule has 0 fully saturated rings. The van der Waals surface area contributed by atoms with Crippen LogP contribution in [-0.4, -0.2) is 19.1 Å². The van der Waals surface area contributed by atoms with E-state index in [1.807, 2.05) is 24.4 Å². The second-order valence-corrected chi connectivity index (χ2v) is 16.6. The fourth-order valence-corrected chi connectivity index (χ4v) is 9.62. The van der Waals surface area contributed by atoms with E-state index in [-0.39, 0.29) is 0 Å². The second kappa shape index (κ2) is 15.4. The quantitative estimate of drug-likeness (QED) is 0.153. The van der Waals surface area contributed by atoms with Crippen molar-refractivity contribution in [3.63, 3.8) is 0 Å². The summed E-state index contributed by atoms with van der Waals surface area (Å²) in [7, 11) is 0. The van der Waals surface area contributed by atoms with E-state index in [9.17, 15) is 0 Å². The van der Waals surface area contributed by atoms with E-state index in [0.29, 0.717) is 11.5 Å². The predicted molar refractivity (Wildman–Crippen MR) is 269 cm³/mol. The Bertz CT molecular complexity index is 3960. The molecule has 9 aromatic carbocycles. The second-order valence-electron chi connectivity index (χ2n) is 16.6. The van der Waals surface area contributed by atoms with Gasteiger partial charge in [-0.25, -0.2) is 9.97 Å². The number of ether oxygens (including phenoxy) is 1. The van der Waals surface area contributed by atoms with Crippen LogP contribution >= 0.6 is 0 Å². The number of rotatable bonds is 8. The molecule has 6 nitrogen and oxygen atoms in total. The van der Waals surface area contributed by atoms with E-state index in [0.717, 1.165) is 111 Å². The summed E-state index contributed by atoms with van der Waals surface area (Å²) in [4.78, 5) is 10.3. The van der Waals surface area contributed by atoms with Gasteiger partial charge in [0.15, 0.2) is 0 Å². The van der Waals surface area contributed by atoms with Crippen molar-refractivity contribution in [2.75, 3.05) is 0 Å². The van der Waals surface area contributed by atoms with Crippen LogP contribution in [0.5, 0.6) is 11.5 Å². The van der Waals surface area contributed by atoms with Crippen LogP contribution in [0.2, 0.25) is 0 Å². The molecule has 0 aliphatic carbocycles. The lowest BCUT2D eigenvalue weighted by Crippen LogP contribution is -2.00. The summed E-state index contributed by atoms with van der Waals surface area (Å²) in [6.07, 6.45) is 1.89. The molecule has 66 heavy (non-hydrogen) atoms. The van der Waals surface area contributed by atoms with Gasteiger partial charge in [-0.05, 0) is 101 Å². The Kier molecular flexibility index (Phi) is 8.74. The van der Waals surface area contributed by atoms with E-state index in [1.165, 1.54) is 0 Å². The number of imidazole rings is 1. The molecular weight excluding hydrogens is 809 g/mol. The minimum Gasteiger partial charge on any atom is -0.457 e. The van der Waals surface area contributed by atoms with Crippen molar-refractivity contribution in [3.8, 4) is 67.8 Å². The molecule has 13 rings (SSSR count). The Hall–Kier alpha value is -9.00. The average Bonchev–Trinajstić information content (AvgIpc) is 4.06. The summed E-state index contributed by atoms with van der Waals surface area (Å²) in [5, 5.41) is 4.18. The first-order valence-corrected chi connectivity index (χ1v) is 22.1. The topological polar surface area (TPSA) is 58.0 Å². The van der Waals surface area contributed by atoms with Gasteiger partial charge >= 0.3 is 0 Å². The van der Waals surface area contributed by atoms with Gasteiger partial charge in [0.05, 0.1) is 33.3 Å². The van der Waals surface area contributed by atoms with Crippen molar-refractivity contribution in [1.29, 1.82) is 0 Å². The zero-order chi connectivity index (χ0) is 43.6. The van der Waals surface area contributed by atoms with Gasteiger partial charge in [-0.1, -0.05) is 146 Å². The monoisotopic (exact) mass is 846 g/mol. The van der Waals surface area contributed by atoms with Crippen molar-refractivity contribution in [2.24, 2.45) is 0 Å². The molecule has 4 heterocycles. The van der Waals surface area contributed by atoms with Gasteiger partial charge in [0, 0.05) is 39.4 Å². The van der Waals surface area contributed by atoms with Crippen molar-refractivity contribution >= 4 is 54.8 Å². The number of furan rings is 1. The molecule has 0 saturated heterocycles. The molecule has 0 unspecified atom stereocenters. The predicted octanol–water partition coefficient (Wildman–Crippen LogP) is 15.9. The summed E-state index contributed by atoms with van der Waals surface area (Å²) < 4.78 is 18.5. The third-order valence-electron chi connectivity index (χ3n) is 12.6. The van der Waals surface area contributed by atoms with E-state index in [4.69, 9.17) is 19.1 Å². The van der Waals surface area contributed by atoms with Crippen molar-refractivity contribution in [2.45, 2.75) is 0 Å². The van der Waals surface area contributed by atoms with Gasteiger partial charge < -0.3 is 9.15 Å². The van der Waals surface area contributed by atoms with Gasteiger partial charge in [0.2, 0.25) is 0 Å². The number of benzene rings is 9. The Labute approximate surface area is 379 Å². The zero-order valence-electron chi connectivity index (χ0n) is 35.5. The number of pyridine rings is 1. The third-order valence-corrected chi connectivity index (χ3v) is 12.6. The first-order chi connectivity index (χ1) is 32.7. The fraction of sp³-hybridized carbons (Fsp3) is 0. The number of hydrogen-bond donors (Lipinski definition) is 0. The van der Waals surface area contributed by atoms with E-state index >= 15 is 0 Å². The molecule has 0 aliphatic rings. The number of aromatic nitrogens is 4. The van der Waals surface area contributed by atoms with Crippen LogP contribution < -0.4 is 4.74 Å². The Morgan fingerprint density at radius 2 is 1.05 bits per heavy atom. The highest BCUT2D eigenvalue weighted by Crippen LogP contribution is 2.44. The summed E-state index contributed by atoms with van der Waals surface area (Å²) in [6.45, 7) is 0. The maximum atomic E-state index is 7.05. The van der Waals surface area contributed by atoms with Crippen LogP contribution in [0.15, 0.2) is 235 Å². The molecule has 0 radical (unpaired) electrons. The Balaban J connectivity index is 1.02. The first-order valence-electron chi connectivity index (χ1n) is 22.1. The largest absolute Gasteiger partial charge is 0.457 e.